The van der Waals surface area contributed by atoms with Crippen molar-refractivity contribution in [1.29, 1.82) is 0 Å². The van der Waals surface area contributed by atoms with Crippen LogP contribution in [-0.2, 0) is 0 Å². The maximum atomic E-state index is 12.0. The molecule has 18 heavy (non-hydrogen) atoms. The van der Waals surface area contributed by atoms with Gasteiger partial charge in [-0.3, -0.25) is 4.79 Å². The number of hydrogen-bond acceptors (Lipinski definition) is 3. The van der Waals surface area contributed by atoms with Crippen LogP contribution in [0.15, 0.2) is 36.5 Å². The fourth-order valence-corrected chi connectivity index (χ4v) is 1.69. The Morgan fingerprint density at radius 3 is 2.83 bits per heavy atom. The predicted molar refractivity (Wildman–Crippen MR) is 71.4 cm³/mol. The van der Waals surface area contributed by atoms with Gasteiger partial charge in [0.15, 0.2) is 0 Å². The molecule has 1 amide bonds. The highest BCUT2D eigenvalue weighted by Gasteiger charge is 2.11. The number of nitrogen functional groups attached to an aromatic ring is 1. The lowest BCUT2D eigenvalue weighted by atomic mass is 10.2. The van der Waals surface area contributed by atoms with Crippen molar-refractivity contribution in [2.24, 2.45) is 0 Å². The molecular weight excluding hydrogens is 228 g/mol. The van der Waals surface area contributed by atoms with Crippen molar-refractivity contribution in [3.63, 3.8) is 0 Å². The lowest BCUT2D eigenvalue weighted by Crippen LogP contribution is -2.16. The average Bonchev–Trinajstić information content (AvgIpc) is 2.77. The van der Waals surface area contributed by atoms with Gasteiger partial charge in [-0.15, -0.1) is 0 Å². The van der Waals surface area contributed by atoms with E-state index in [2.05, 4.69) is 10.4 Å². The Labute approximate surface area is 106 Å². The maximum Gasteiger partial charge on any atom is 0.256 e. The topological polar surface area (TPSA) is 72.9 Å². The number of nitrogens with one attached hydrogen (secondary N) is 1. The summed E-state index contributed by atoms with van der Waals surface area (Å²) in [6.07, 6.45) is 1.66. The maximum absolute atomic E-state index is 12.0. The van der Waals surface area contributed by atoms with Crippen LogP contribution in [0, 0.1) is 0 Å². The number of anilines is 2. The molecule has 0 saturated heterocycles. The van der Waals surface area contributed by atoms with Crippen molar-refractivity contribution in [3.8, 4) is 0 Å². The third kappa shape index (κ3) is 2.51. The molecule has 0 fully saturated rings. The molecule has 0 atom stereocenters. The second kappa shape index (κ2) is 4.91. The highest BCUT2D eigenvalue weighted by atomic mass is 16.1. The number of nitrogens with two attached hydrogens (primary N) is 1. The van der Waals surface area contributed by atoms with Gasteiger partial charge in [0.1, 0.15) is 5.82 Å². The molecule has 3 N–H and O–H groups in total. The van der Waals surface area contributed by atoms with Gasteiger partial charge in [-0.25, -0.2) is 4.68 Å². The summed E-state index contributed by atoms with van der Waals surface area (Å²) in [5.74, 6) is 0.488. The first kappa shape index (κ1) is 12.2. The summed E-state index contributed by atoms with van der Waals surface area (Å²) in [6, 6.07) is 8.83. The number of aromatic nitrogens is 2. The van der Waals surface area contributed by atoms with Gasteiger partial charge in [0.2, 0.25) is 0 Å². The zero-order valence-electron chi connectivity index (χ0n) is 10.4. The average molecular weight is 244 g/mol. The second-order valence-electron chi connectivity index (χ2n) is 4.33. The van der Waals surface area contributed by atoms with Crippen molar-refractivity contribution in [2.75, 3.05) is 11.1 Å². The Hall–Kier alpha value is -2.30. The Balaban J connectivity index is 2.19. The monoisotopic (exact) mass is 244 g/mol. The molecule has 0 radical (unpaired) electrons. The minimum atomic E-state index is -0.190. The molecule has 5 nitrogen and oxygen atoms in total. The Bertz CT molecular complexity index is 560. The van der Waals surface area contributed by atoms with E-state index in [4.69, 9.17) is 5.73 Å². The first-order valence-electron chi connectivity index (χ1n) is 5.78. The molecule has 0 aliphatic rings. The molecule has 1 aromatic heterocycles. The zero-order chi connectivity index (χ0) is 13.1. The molecule has 0 bridgehead atoms. The van der Waals surface area contributed by atoms with E-state index in [9.17, 15) is 4.79 Å². The molecule has 0 spiro atoms. The number of carbonyl (C=O) groups is 1. The quantitative estimate of drug-likeness (QED) is 0.814. The van der Waals surface area contributed by atoms with E-state index in [0.717, 1.165) is 0 Å². The molecule has 0 unspecified atom stereocenters. The Morgan fingerprint density at radius 2 is 2.17 bits per heavy atom. The Kier molecular flexibility index (Phi) is 3.32. The third-order valence-corrected chi connectivity index (χ3v) is 2.55. The molecule has 1 aromatic carbocycles. The first-order valence-corrected chi connectivity index (χ1v) is 5.78. The highest BCUT2D eigenvalue weighted by Crippen LogP contribution is 2.15. The van der Waals surface area contributed by atoms with Crippen molar-refractivity contribution in [1.82, 2.24) is 9.78 Å². The molecule has 94 valence electrons. The highest BCUT2D eigenvalue weighted by molar-refractivity contribution is 6.04. The van der Waals surface area contributed by atoms with Crippen LogP contribution >= 0.6 is 0 Å². The summed E-state index contributed by atoms with van der Waals surface area (Å²) in [7, 11) is 0. The SMILES string of the molecule is CC(C)n1nccc1NC(=O)c1cccc(N)c1. The van der Waals surface area contributed by atoms with Gasteiger partial charge in [-0.1, -0.05) is 6.07 Å². The van der Waals surface area contributed by atoms with Crippen molar-refractivity contribution < 1.29 is 4.79 Å². The number of amides is 1. The third-order valence-electron chi connectivity index (χ3n) is 2.55. The predicted octanol–water partition coefficient (Wildman–Crippen LogP) is 2.30. The minimum Gasteiger partial charge on any atom is -0.399 e. The normalized spacial score (nSPS) is 10.6. The minimum absolute atomic E-state index is 0.190. The van der Waals surface area contributed by atoms with E-state index < -0.39 is 0 Å². The smallest absolute Gasteiger partial charge is 0.256 e. The van der Waals surface area contributed by atoms with Gasteiger partial charge >= 0.3 is 0 Å². The molecule has 0 aliphatic carbocycles. The van der Waals surface area contributed by atoms with Crippen LogP contribution in [0.2, 0.25) is 0 Å². The van der Waals surface area contributed by atoms with Crippen LogP contribution in [0.4, 0.5) is 11.5 Å². The zero-order valence-corrected chi connectivity index (χ0v) is 10.4. The first-order chi connectivity index (χ1) is 8.58. The largest absolute Gasteiger partial charge is 0.399 e. The molecule has 1 heterocycles. The summed E-state index contributed by atoms with van der Waals surface area (Å²) < 4.78 is 1.75. The van der Waals surface area contributed by atoms with Crippen LogP contribution in [0.3, 0.4) is 0 Å². The molecule has 0 saturated carbocycles. The summed E-state index contributed by atoms with van der Waals surface area (Å²) in [4.78, 5) is 12.0. The summed E-state index contributed by atoms with van der Waals surface area (Å²) >= 11 is 0. The van der Waals surface area contributed by atoms with E-state index in [0.29, 0.717) is 17.1 Å². The molecule has 2 aromatic rings. The molecular formula is C13H16N4O. The van der Waals surface area contributed by atoms with E-state index in [1.54, 1.807) is 41.2 Å². The molecule has 5 heteroatoms. The summed E-state index contributed by atoms with van der Waals surface area (Å²) in [5.41, 5.74) is 6.75. The number of rotatable bonds is 3. The van der Waals surface area contributed by atoms with Gasteiger partial charge < -0.3 is 11.1 Å². The van der Waals surface area contributed by atoms with E-state index in [-0.39, 0.29) is 11.9 Å². The lowest BCUT2D eigenvalue weighted by Gasteiger charge is -2.11. The standard InChI is InChI=1S/C13H16N4O/c1-9(2)17-12(6-7-15-17)16-13(18)10-4-3-5-11(14)8-10/h3-9H,14H2,1-2H3,(H,16,18). The van der Waals surface area contributed by atoms with E-state index >= 15 is 0 Å². The summed E-state index contributed by atoms with van der Waals surface area (Å²) in [6.45, 7) is 4.01. The van der Waals surface area contributed by atoms with Crippen LogP contribution in [0.1, 0.15) is 30.2 Å². The van der Waals surface area contributed by atoms with Crippen LogP contribution in [0.25, 0.3) is 0 Å². The second-order valence-corrected chi connectivity index (χ2v) is 4.33. The Morgan fingerprint density at radius 1 is 1.39 bits per heavy atom. The van der Waals surface area contributed by atoms with E-state index in [1.807, 2.05) is 13.8 Å². The summed E-state index contributed by atoms with van der Waals surface area (Å²) in [5, 5.41) is 6.98. The fourth-order valence-electron chi connectivity index (χ4n) is 1.69. The van der Waals surface area contributed by atoms with Crippen molar-refractivity contribution in [3.05, 3.63) is 42.1 Å². The molecule has 2 rings (SSSR count). The van der Waals surface area contributed by atoms with Gasteiger partial charge in [0.05, 0.1) is 6.20 Å². The number of benzene rings is 1. The van der Waals surface area contributed by atoms with Crippen LogP contribution in [-0.4, -0.2) is 15.7 Å². The van der Waals surface area contributed by atoms with Crippen LogP contribution in [0.5, 0.6) is 0 Å². The van der Waals surface area contributed by atoms with Crippen molar-refractivity contribution in [2.45, 2.75) is 19.9 Å². The molecule has 0 aliphatic heterocycles. The van der Waals surface area contributed by atoms with E-state index in [1.165, 1.54) is 0 Å². The van der Waals surface area contributed by atoms with Gasteiger partial charge in [0.25, 0.3) is 5.91 Å². The van der Waals surface area contributed by atoms with Gasteiger partial charge in [0, 0.05) is 23.4 Å². The van der Waals surface area contributed by atoms with Crippen LogP contribution < -0.4 is 11.1 Å². The number of carbonyl (C=O) groups excluding carboxylic acids is 1. The number of nitrogens with zero attached hydrogens (tertiary/aromatic N) is 2. The van der Waals surface area contributed by atoms with Gasteiger partial charge in [-0.2, -0.15) is 5.10 Å². The lowest BCUT2D eigenvalue weighted by molar-refractivity contribution is 0.102. The van der Waals surface area contributed by atoms with Gasteiger partial charge in [-0.05, 0) is 32.0 Å². The fraction of sp³-hybridized carbons (Fsp3) is 0.231. The number of hydrogen-bond donors (Lipinski definition) is 2. The van der Waals surface area contributed by atoms with Crippen molar-refractivity contribution >= 4 is 17.4 Å².